The molecule has 0 radical (unpaired) electrons. The first-order valence-electron chi connectivity index (χ1n) is 7.40. The lowest BCUT2D eigenvalue weighted by atomic mass is 9.82. The molecule has 1 saturated carbocycles. The highest BCUT2D eigenvalue weighted by Crippen LogP contribution is 2.40. The van der Waals surface area contributed by atoms with E-state index in [0.29, 0.717) is 6.54 Å². The fourth-order valence-electron chi connectivity index (χ4n) is 2.42. The van der Waals surface area contributed by atoms with Gasteiger partial charge in [-0.25, -0.2) is 4.98 Å². The van der Waals surface area contributed by atoms with Gasteiger partial charge in [0.1, 0.15) is 11.9 Å². The minimum Gasteiger partial charge on any atom is -0.466 e. The Morgan fingerprint density at radius 2 is 2.17 bits per heavy atom. The first kappa shape index (κ1) is 15.1. The molecule has 1 fully saturated rings. The second-order valence-electron chi connectivity index (χ2n) is 5.71. The van der Waals surface area contributed by atoms with Crippen LogP contribution in [0.2, 0.25) is 0 Å². The fraction of sp³-hybridized carbons (Fsp3) is 0.400. The number of nitrogens with one attached hydrogen (secondary N) is 1. The lowest BCUT2D eigenvalue weighted by Gasteiger charge is -2.37. The largest absolute Gasteiger partial charge is 0.466 e. The Morgan fingerprint density at radius 1 is 1.35 bits per heavy atom. The highest BCUT2D eigenvalue weighted by atomic mass is 16.6. The van der Waals surface area contributed by atoms with Crippen molar-refractivity contribution in [3.8, 4) is 5.88 Å². The van der Waals surface area contributed by atoms with Gasteiger partial charge in [-0.05, 0) is 38.3 Å². The van der Waals surface area contributed by atoms with E-state index in [-0.39, 0.29) is 23.0 Å². The van der Waals surface area contributed by atoms with Crippen molar-refractivity contribution in [1.29, 1.82) is 0 Å². The standard InChI is InChI=1S/C15H17N5O3/c1-15(6-4-7-15)23-14-12(20(21)22)13(18-10-19-14)17-9-11-5-2-3-8-16-11/h2-3,5,8,10H,4,6-7,9H2,1H3,(H,17,18,19). The number of aromatic nitrogens is 3. The third kappa shape index (κ3) is 3.36. The minimum absolute atomic E-state index is 0.00993. The Labute approximate surface area is 133 Å². The number of hydrogen-bond donors (Lipinski definition) is 1. The first-order chi connectivity index (χ1) is 11.1. The third-order valence-electron chi connectivity index (χ3n) is 3.89. The molecule has 2 aromatic heterocycles. The highest BCUT2D eigenvalue weighted by Gasteiger charge is 2.37. The Kier molecular flexibility index (Phi) is 4.05. The van der Waals surface area contributed by atoms with Crippen LogP contribution in [0.4, 0.5) is 11.5 Å². The maximum Gasteiger partial charge on any atom is 0.372 e. The SMILES string of the molecule is CC1(Oc2ncnc(NCc3ccccn3)c2[N+](=O)[O-])CCC1. The molecule has 0 amide bonds. The van der Waals surface area contributed by atoms with Crippen LogP contribution in [-0.4, -0.2) is 25.5 Å². The third-order valence-corrected chi connectivity index (χ3v) is 3.89. The predicted octanol–water partition coefficient (Wildman–Crippen LogP) is 2.71. The monoisotopic (exact) mass is 315 g/mol. The lowest BCUT2D eigenvalue weighted by molar-refractivity contribution is -0.386. The normalized spacial score (nSPS) is 15.5. The van der Waals surface area contributed by atoms with Gasteiger partial charge in [0, 0.05) is 6.20 Å². The van der Waals surface area contributed by atoms with Gasteiger partial charge in [-0.1, -0.05) is 6.07 Å². The molecule has 0 aromatic carbocycles. The maximum atomic E-state index is 11.4. The number of nitro groups is 1. The molecule has 23 heavy (non-hydrogen) atoms. The van der Waals surface area contributed by atoms with Crippen LogP contribution in [-0.2, 0) is 6.54 Å². The second-order valence-corrected chi connectivity index (χ2v) is 5.71. The first-order valence-corrected chi connectivity index (χ1v) is 7.40. The van der Waals surface area contributed by atoms with Crippen LogP contribution in [0.5, 0.6) is 5.88 Å². The summed E-state index contributed by atoms with van der Waals surface area (Å²) >= 11 is 0. The molecule has 0 spiro atoms. The Hall–Kier alpha value is -2.77. The van der Waals surface area contributed by atoms with Gasteiger partial charge in [0.2, 0.25) is 5.82 Å². The van der Waals surface area contributed by atoms with Crippen molar-refractivity contribution in [3.05, 3.63) is 46.5 Å². The van der Waals surface area contributed by atoms with Gasteiger partial charge >= 0.3 is 5.69 Å². The summed E-state index contributed by atoms with van der Waals surface area (Å²) in [6, 6.07) is 5.49. The van der Waals surface area contributed by atoms with Crippen molar-refractivity contribution in [2.45, 2.75) is 38.3 Å². The molecular formula is C15H17N5O3. The number of ether oxygens (including phenoxy) is 1. The quantitative estimate of drug-likeness (QED) is 0.645. The summed E-state index contributed by atoms with van der Waals surface area (Å²) in [5.74, 6) is 0.143. The molecule has 2 heterocycles. The summed E-state index contributed by atoms with van der Waals surface area (Å²) < 4.78 is 5.77. The highest BCUT2D eigenvalue weighted by molar-refractivity contribution is 5.61. The van der Waals surface area contributed by atoms with Crippen LogP contribution in [0, 0.1) is 10.1 Å². The van der Waals surface area contributed by atoms with Gasteiger partial charge in [-0.3, -0.25) is 15.1 Å². The summed E-state index contributed by atoms with van der Waals surface area (Å²) in [5, 5.41) is 14.4. The van der Waals surface area contributed by atoms with Crippen LogP contribution >= 0.6 is 0 Å². The number of hydrogen-bond acceptors (Lipinski definition) is 7. The van der Waals surface area contributed by atoms with Crippen molar-refractivity contribution in [2.24, 2.45) is 0 Å². The molecule has 0 saturated heterocycles. The van der Waals surface area contributed by atoms with Crippen molar-refractivity contribution in [3.63, 3.8) is 0 Å². The van der Waals surface area contributed by atoms with E-state index in [0.717, 1.165) is 25.0 Å². The smallest absolute Gasteiger partial charge is 0.372 e. The molecule has 8 nitrogen and oxygen atoms in total. The summed E-state index contributed by atoms with van der Waals surface area (Å²) in [6.45, 7) is 2.26. The zero-order chi connectivity index (χ0) is 16.3. The van der Waals surface area contributed by atoms with Gasteiger partial charge < -0.3 is 10.1 Å². The molecule has 0 atom stereocenters. The lowest BCUT2D eigenvalue weighted by Crippen LogP contribution is -2.40. The molecule has 0 bridgehead atoms. The molecule has 1 aliphatic carbocycles. The maximum absolute atomic E-state index is 11.4. The Balaban J connectivity index is 1.83. The van der Waals surface area contributed by atoms with Crippen molar-refractivity contribution >= 4 is 11.5 Å². The molecule has 2 aromatic rings. The zero-order valence-electron chi connectivity index (χ0n) is 12.7. The average Bonchev–Trinajstić information content (AvgIpc) is 2.52. The van der Waals surface area contributed by atoms with Crippen LogP contribution in [0.25, 0.3) is 0 Å². The summed E-state index contributed by atoms with van der Waals surface area (Å²) in [5.41, 5.74) is 0.141. The van der Waals surface area contributed by atoms with Crippen LogP contribution in [0.3, 0.4) is 0 Å². The van der Waals surface area contributed by atoms with Crippen molar-refractivity contribution < 1.29 is 9.66 Å². The molecule has 1 N–H and O–H groups in total. The van der Waals surface area contributed by atoms with E-state index in [4.69, 9.17) is 4.74 Å². The second kappa shape index (κ2) is 6.15. The van der Waals surface area contributed by atoms with E-state index in [1.807, 2.05) is 25.1 Å². The Bertz CT molecular complexity index is 704. The topological polar surface area (TPSA) is 103 Å². The minimum atomic E-state index is -0.516. The predicted molar refractivity (Wildman–Crippen MR) is 83.1 cm³/mol. The number of pyridine rings is 1. The number of rotatable bonds is 6. The summed E-state index contributed by atoms with van der Waals surface area (Å²) in [4.78, 5) is 23.0. The van der Waals surface area contributed by atoms with Gasteiger partial charge in [-0.15, -0.1) is 0 Å². The molecule has 8 heteroatoms. The van der Waals surface area contributed by atoms with E-state index < -0.39 is 4.92 Å². The number of anilines is 1. The van der Waals surface area contributed by atoms with Gasteiger partial charge in [0.25, 0.3) is 5.88 Å². The van der Waals surface area contributed by atoms with E-state index in [2.05, 4.69) is 20.3 Å². The van der Waals surface area contributed by atoms with Gasteiger partial charge in [0.05, 0.1) is 17.2 Å². The molecule has 120 valence electrons. The average molecular weight is 315 g/mol. The van der Waals surface area contributed by atoms with Crippen LogP contribution in [0.1, 0.15) is 31.9 Å². The zero-order valence-corrected chi connectivity index (χ0v) is 12.7. The van der Waals surface area contributed by atoms with Crippen molar-refractivity contribution in [1.82, 2.24) is 15.0 Å². The van der Waals surface area contributed by atoms with E-state index in [1.165, 1.54) is 6.33 Å². The molecule has 0 aliphatic heterocycles. The summed E-state index contributed by atoms with van der Waals surface area (Å²) in [7, 11) is 0. The molecule has 1 aliphatic rings. The van der Waals surface area contributed by atoms with E-state index in [1.54, 1.807) is 6.20 Å². The van der Waals surface area contributed by atoms with Crippen LogP contribution in [0.15, 0.2) is 30.7 Å². The van der Waals surface area contributed by atoms with Gasteiger partial charge in [0.15, 0.2) is 0 Å². The Morgan fingerprint density at radius 3 is 2.78 bits per heavy atom. The fourth-order valence-corrected chi connectivity index (χ4v) is 2.42. The van der Waals surface area contributed by atoms with Crippen LogP contribution < -0.4 is 10.1 Å². The van der Waals surface area contributed by atoms with E-state index in [9.17, 15) is 10.1 Å². The molecule has 0 unspecified atom stereocenters. The van der Waals surface area contributed by atoms with Gasteiger partial charge in [-0.2, -0.15) is 4.98 Å². The van der Waals surface area contributed by atoms with E-state index >= 15 is 0 Å². The number of nitrogens with zero attached hydrogens (tertiary/aromatic N) is 4. The molecule has 3 rings (SSSR count). The van der Waals surface area contributed by atoms with Crippen molar-refractivity contribution in [2.75, 3.05) is 5.32 Å². The molecular weight excluding hydrogens is 298 g/mol. The summed E-state index contributed by atoms with van der Waals surface area (Å²) in [6.07, 6.45) is 5.72.